The summed E-state index contributed by atoms with van der Waals surface area (Å²) in [5.74, 6) is 1.66. The van der Waals surface area contributed by atoms with E-state index in [0.29, 0.717) is 11.5 Å². The van der Waals surface area contributed by atoms with Crippen molar-refractivity contribution >= 4 is 0 Å². The zero-order valence-electron chi connectivity index (χ0n) is 12.3. The van der Waals surface area contributed by atoms with Crippen LogP contribution in [0, 0.1) is 11.3 Å². The van der Waals surface area contributed by atoms with Gasteiger partial charge in [-0.05, 0) is 35.4 Å². The third-order valence-corrected chi connectivity index (χ3v) is 3.32. The Morgan fingerprint density at radius 1 is 0.810 bits per heavy atom. The molecule has 0 aliphatic heterocycles. The highest BCUT2D eigenvalue weighted by Gasteiger charge is 2.16. The number of ether oxygens (including phenoxy) is 3. The van der Waals surface area contributed by atoms with Gasteiger partial charge in [0.05, 0.1) is 33.3 Å². The largest absolute Gasteiger partial charge is 0.497 e. The summed E-state index contributed by atoms with van der Waals surface area (Å²) in [6.07, 6.45) is 0. The third kappa shape index (κ3) is 3.09. The number of hydrogen-bond donors (Lipinski definition) is 0. The SMILES string of the molecule is COc1ccc(C(C#N)c2ccc(OC)c(OC)c2)cc1. The Labute approximate surface area is 124 Å². The lowest BCUT2D eigenvalue weighted by Crippen LogP contribution is -2.00. The summed E-state index contributed by atoms with van der Waals surface area (Å²) in [6.45, 7) is 0. The minimum Gasteiger partial charge on any atom is -0.497 e. The van der Waals surface area contributed by atoms with Gasteiger partial charge in [-0.1, -0.05) is 18.2 Å². The molecule has 21 heavy (non-hydrogen) atoms. The Kier molecular flexibility index (Phi) is 4.68. The van der Waals surface area contributed by atoms with E-state index >= 15 is 0 Å². The number of methoxy groups -OCH3 is 3. The molecule has 1 atom stereocenters. The van der Waals surface area contributed by atoms with Crippen LogP contribution in [-0.2, 0) is 0 Å². The van der Waals surface area contributed by atoms with Crippen molar-refractivity contribution in [3.8, 4) is 23.3 Å². The summed E-state index contributed by atoms with van der Waals surface area (Å²) < 4.78 is 15.6. The second kappa shape index (κ2) is 6.67. The third-order valence-electron chi connectivity index (χ3n) is 3.32. The summed E-state index contributed by atoms with van der Waals surface area (Å²) >= 11 is 0. The molecule has 0 bridgehead atoms. The quantitative estimate of drug-likeness (QED) is 0.844. The predicted molar refractivity (Wildman–Crippen MR) is 80.0 cm³/mol. The Balaban J connectivity index is 2.39. The van der Waals surface area contributed by atoms with Crippen molar-refractivity contribution < 1.29 is 14.2 Å². The minimum absolute atomic E-state index is 0.365. The van der Waals surface area contributed by atoms with Crippen LogP contribution in [0.15, 0.2) is 42.5 Å². The lowest BCUT2D eigenvalue weighted by Gasteiger charge is -2.14. The maximum Gasteiger partial charge on any atom is 0.161 e. The van der Waals surface area contributed by atoms with Gasteiger partial charge in [-0.15, -0.1) is 0 Å². The van der Waals surface area contributed by atoms with Crippen LogP contribution in [0.5, 0.6) is 17.2 Å². The van der Waals surface area contributed by atoms with E-state index < -0.39 is 0 Å². The average molecular weight is 283 g/mol. The molecule has 4 nitrogen and oxygen atoms in total. The first-order chi connectivity index (χ1) is 10.2. The fraction of sp³-hybridized carbons (Fsp3) is 0.235. The molecular formula is C17H17NO3. The topological polar surface area (TPSA) is 51.5 Å². The van der Waals surface area contributed by atoms with Crippen molar-refractivity contribution in [2.45, 2.75) is 5.92 Å². The van der Waals surface area contributed by atoms with E-state index in [1.807, 2.05) is 42.5 Å². The number of rotatable bonds is 5. The number of benzene rings is 2. The normalized spacial score (nSPS) is 11.3. The van der Waals surface area contributed by atoms with Gasteiger partial charge in [0, 0.05) is 0 Å². The maximum atomic E-state index is 9.50. The van der Waals surface area contributed by atoms with Gasteiger partial charge in [-0.3, -0.25) is 0 Å². The molecule has 0 amide bonds. The smallest absolute Gasteiger partial charge is 0.161 e. The second-order valence-corrected chi connectivity index (χ2v) is 4.45. The van der Waals surface area contributed by atoms with Crippen molar-refractivity contribution in [3.05, 3.63) is 53.6 Å². The molecule has 0 aromatic heterocycles. The van der Waals surface area contributed by atoms with E-state index in [2.05, 4.69) is 6.07 Å². The van der Waals surface area contributed by atoms with Crippen molar-refractivity contribution in [3.63, 3.8) is 0 Å². The van der Waals surface area contributed by atoms with Crippen LogP contribution in [0.1, 0.15) is 17.0 Å². The van der Waals surface area contributed by atoms with E-state index in [9.17, 15) is 5.26 Å². The fourth-order valence-electron chi connectivity index (χ4n) is 2.17. The van der Waals surface area contributed by atoms with E-state index in [-0.39, 0.29) is 5.92 Å². The number of nitrogens with zero attached hydrogens (tertiary/aromatic N) is 1. The van der Waals surface area contributed by atoms with Gasteiger partial charge in [0.25, 0.3) is 0 Å². The van der Waals surface area contributed by atoms with E-state index in [0.717, 1.165) is 16.9 Å². The molecule has 0 heterocycles. The first-order valence-corrected chi connectivity index (χ1v) is 6.49. The minimum atomic E-state index is -0.365. The number of nitriles is 1. The van der Waals surface area contributed by atoms with Crippen LogP contribution in [0.25, 0.3) is 0 Å². The van der Waals surface area contributed by atoms with Gasteiger partial charge in [0.2, 0.25) is 0 Å². The lowest BCUT2D eigenvalue weighted by atomic mass is 9.92. The predicted octanol–water partition coefficient (Wildman–Crippen LogP) is 3.37. The number of hydrogen-bond acceptors (Lipinski definition) is 4. The van der Waals surface area contributed by atoms with Crippen molar-refractivity contribution in [2.24, 2.45) is 0 Å². The average Bonchev–Trinajstić information content (AvgIpc) is 2.56. The van der Waals surface area contributed by atoms with Crippen LogP contribution in [0.2, 0.25) is 0 Å². The zero-order chi connectivity index (χ0) is 15.2. The second-order valence-electron chi connectivity index (χ2n) is 4.45. The van der Waals surface area contributed by atoms with Gasteiger partial charge >= 0.3 is 0 Å². The van der Waals surface area contributed by atoms with Crippen molar-refractivity contribution in [1.82, 2.24) is 0 Å². The Morgan fingerprint density at radius 2 is 1.43 bits per heavy atom. The van der Waals surface area contributed by atoms with Crippen molar-refractivity contribution in [2.75, 3.05) is 21.3 Å². The highest BCUT2D eigenvalue weighted by molar-refractivity contribution is 5.48. The molecule has 0 aliphatic carbocycles. The Bertz CT molecular complexity index is 644. The van der Waals surface area contributed by atoms with Crippen LogP contribution >= 0.6 is 0 Å². The molecule has 0 aliphatic rings. The van der Waals surface area contributed by atoms with Crippen LogP contribution < -0.4 is 14.2 Å². The van der Waals surface area contributed by atoms with Crippen LogP contribution in [0.4, 0.5) is 0 Å². The molecule has 2 aromatic rings. The van der Waals surface area contributed by atoms with Gasteiger partial charge in [-0.25, -0.2) is 0 Å². The van der Waals surface area contributed by atoms with Gasteiger partial charge in [0.1, 0.15) is 5.75 Å². The molecule has 4 heteroatoms. The Hall–Kier alpha value is -2.67. The summed E-state index contributed by atoms with van der Waals surface area (Å²) in [5.41, 5.74) is 1.77. The van der Waals surface area contributed by atoms with Crippen LogP contribution in [0.3, 0.4) is 0 Å². The standard InChI is InChI=1S/C17H17NO3/c1-19-14-7-4-12(5-8-14)15(11-18)13-6-9-16(20-2)17(10-13)21-3/h4-10,15H,1-3H3. The molecule has 0 N–H and O–H groups in total. The summed E-state index contributed by atoms with van der Waals surface area (Å²) in [6, 6.07) is 15.3. The molecule has 0 saturated carbocycles. The van der Waals surface area contributed by atoms with Crippen LogP contribution in [-0.4, -0.2) is 21.3 Å². The summed E-state index contributed by atoms with van der Waals surface area (Å²) in [7, 11) is 4.78. The highest BCUT2D eigenvalue weighted by Crippen LogP contribution is 2.33. The zero-order valence-corrected chi connectivity index (χ0v) is 12.3. The molecular weight excluding hydrogens is 266 g/mol. The first-order valence-electron chi connectivity index (χ1n) is 6.49. The highest BCUT2D eigenvalue weighted by atomic mass is 16.5. The molecule has 1 unspecified atom stereocenters. The van der Waals surface area contributed by atoms with E-state index in [1.54, 1.807) is 21.3 Å². The van der Waals surface area contributed by atoms with Crippen molar-refractivity contribution in [1.29, 1.82) is 5.26 Å². The molecule has 0 fully saturated rings. The lowest BCUT2D eigenvalue weighted by molar-refractivity contribution is 0.354. The molecule has 0 radical (unpaired) electrons. The summed E-state index contributed by atoms with van der Waals surface area (Å²) in [4.78, 5) is 0. The molecule has 0 saturated heterocycles. The summed E-state index contributed by atoms with van der Waals surface area (Å²) in [5, 5.41) is 9.50. The van der Waals surface area contributed by atoms with E-state index in [4.69, 9.17) is 14.2 Å². The van der Waals surface area contributed by atoms with Gasteiger partial charge in [0.15, 0.2) is 11.5 Å². The molecule has 108 valence electrons. The van der Waals surface area contributed by atoms with Gasteiger partial charge < -0.3 is 14.2 Å². The fourth-order valence-corrected chi connectivity index (χ4v) is 2.17. The molecule has 2 aromatic carbocycles. The van der Waals surface area contributed by atoms with E-state index in [1.165, 1.54) is 0 Å². The molecule has 2 rings (SSSR count). The molecule has 0 spiro atoms. The maximum absolute atomic E-state index is 9.50. The monoisotopic (exact) mass is 283 g/mol. The Morgan fingerprint density at radius 3 is 1.95 bits per heavy atom. The van der Waals surface area contributed by atoms with Gasteiger partial charge in [-0.2, -0.15) is 5.26 Å². The first kappa shape index (κ1) is 14.7.